The summed E-state index contributed by atoms with van der Waals surface area (Å²) in [7, 11) is 0. The maximum absolute atomic E-state index is 12.3. The Morgan fingerprint density at radius 3 is 3.00 bits per heavy atom. The van der Waals surface area contributed by atoms with Gasteiger partial charge in [-0.3, -0.25) is 9.69 Å². The van der Waals surface area contributed by atoms with Crippen LogP contribution < -0.4 is 5.32 Å². The summed E-state index contributed by atoms with van der Waals surface area (Å²) in [6.07, 6.45) is 0.380. The molecule has 0 radical (unpaired) electrons. The van der Waals surface area contributed by atoms with Crippen LogP contribution in [0.15, 0.2) is 35.7 Å². The summed E-state index contributed by atoms with van der Waals surface area (Å²) in [6.45, 7) is 5.53. The number of carbonyl (C=O) groups excluding carboxylic acids is 1. The van der Waals surface area contributed by atoms with Crippen LogP contribution in [0.4, 0.5) is 0 Å². The summed E-state index contributed by atoms with van der Waals surface area (Å²) < 4.78 is 5.65. The number of hydrogen-bond acceptors (Lipinski definition) is 5. The van der Waals surface area contributed by atoms with Crippen molar-refractivity contribution in [1.82, 2.24) is 15.2 Å². The first kappa shape index (κ1) is 17.1. The highest BCUT2D eigenvalue weighted by molar-refractivity contribution is 7.09. The second kappa shape index (κ2) is 8.37. The van der Waals surface area contributed by atoms with Gasteiger partial charge in [0.25, 0.3) is 0 Å². The number of aromatic nitrogens is 1. The summed E-state index contributed by atoms with van der Waals surface area (Å²) in [4.78, 5) is 19.0. The lowest BCUT2D eigenvalue weighted by Crippen LogP contribution is -2.49. The summed E-state index contributed by atoms with van der Waals surface area (Å²) >= 11 is 1.64. The van der Waals surface area contributed by atoms with Crippen molar-refractivity contribution >= 4 is 17.2 Å². The minimum atomic E-state index is -0.388. The van der Waals surface area contributed by atoms with E-state index in [1.807, 2.05) is 30.5 Å². The van der Waals surface area contributed by atoms with E-state index in [0.29, 0.717) is 19.7 Å². The van der Waals surface area contributed by atoms with Crippen molar-refractivity contribution in [2.24, 2.45) is 0 Å². The van der Waals surface area contributed by atoms with Crippen molar-refractivity contribution in [2.75, 3.05) is 26.2 Å². The van der Waals surface area contributed by atoms with Gasteiger partial charge in [0.15, 0.2) is 0 Å². The largest absolute Gasteiger partial charge is 0.366 e. The van der Waals surface area contributed by atoms with E-state index in [9.17, 15) is 4.79 Å². The van der Waals surface area contributed by atoms with E-state index in [1.54, 1.807) is 11.3 Å². The first-order valence-corrected chi connectivity index (χ1v) is 9.15. The number of hydrogen-bond donors (Lipinski definition) is 1. The highest BCUT2D eigenvalue weighted by atomic mass is 32.1. The fourth-order valence-corrected chi connectivity index (χ4v) is 3.55. The molecule has 0 bridgehead atoms. The molecule has 0 spiro atoms. The molecule has 128 valence electrons. The molecule has 0 aliphatic carbocycles. The van der Waals surface area contributed by atoms with E-state index in [-0.39, 0.29) is 12.0 Å². The van der Waals surface area contributed by atoms with Crippen LogP contribution in [0.2, 0.25) is 0 Å². The van der Waals surface area contributed by atoms with Crippen molar-refractivity contribution in [2.45, 2.75) is 26.0 Å². The molecule has 24 heavy (non-hydrogen) atoms. The number of thiazole rings is 1. The molecule has 3 rings (SSSR count). The number of nitrogens with one attached hydrogen (secondary N) is 1. The molecule has 1 fully saturated rings. The van der Waals surface area contributed by atoms with Crippen LogP contribution in [0.3, 0.4) is 0 Å². The highest BCUT2D eigenvalue weighted by Gasteiger charge is 2.26. The summed E-state index contributed by atoms with van der Waals surface area (Å²) in [6, 6.07) is 10.3. The van der Waals surface area contributed by atoms with E-state index in [2.05, 4.69) is 27.3 Å². The number of rotatable bonds is 6. The van der Waals surface area contributed by atoms with E-state index in [4.69, 9.17) is 4.74 Å². The van der Waals surface area contributed by atoms with Crippen molar-refractivity contribution in [1.29, 1.82) is 0 Å². The molecule has 6 heteroatoms. The van der Waals surface area contributed by atoms with Crippen LogP contribution in [-0.2, 0) is 22.5 Å². The average Bonchev–Trinajstić information content (AvgIpc) is 3.01. The molecule has 1 unspecified atom stereocenters. The highest BCUT2D eigenvalue weighted by Crippen LogP contribution is 2.11. The predicted molar refractivity (Wildman–Crippen MR) is 95.0 cm³/mol. The second-order valence-corrected chi connectivity index (χ2v) is 6.95. The third-order valence-electron chi connectivity index (χ3n) is 4.00. The molecule has 0 saturated carbocycles. The number of carbonyl (C=O) groups is 1. The quantitative estimate of drug-likeness (QED) is 0.870. The van der Waals surface area contributed by atoms with E-state index in [0.717, 1.165) is 30.2 Å². The molecule has 1 aliphatic rings. The lowest BCUT2D eigenvalue weighted by molar-refractivity contribution is -0.138. The molecule has 1 amide bonds. The molecule has 1 N–H and O–H groups in total. The van der Waals surface area contributed by atoms with Gasteiger partial charge in [-0.2, -0.15) is 0 Å². The molecule has 1 aliphatic heterocycles. The fourth-order valence-electron chi connectivity index (χ4n) is 2.77. The minimum Gasteiger partial charge on any atom is -0.366 e. The van der Waals surface area contributed by atoms with Crippen LogP contribution in [0, 0.1) is 6.92 Å². The zero-order valence-corrected chi connectivity index (χ0v) is 14.7. The van der Waals surface area contributed by atoms with Crippen LogP contribution in [-0.4, -0.2) is 48.1 Å². The van der Waals surface area contributed by atoms with Gasteiger partial charge < -0.3 is 10.1 Å². The molecule has 1 aromatic carbocycles. The van der Waals surface area contributed by atoms with Crippen LogP contribution in [0.5, 0.6) is 0 Å². The first-order chi connectivity index (χ1) is 11.7. The topological polar surface area (TPSA) is 54.5 Å². The zero-order chi connectivity index (χ0) is 16.8. The minimum absolute atomic E-state index is 0.0268. The smallest absolute Gasteiger partial charge is 0.250 e. The van der Waals surface area contributed by atoms with Gasteiger partial charge in [0.2, 0.25) is 5.91 Å². The Bertz CT molecular complexity index is 659. The van der Waals surface area contributed by atoms with Gasteiger partial charge in [0.1, 0.15) is 6.10 Å². The van der Waals surface area contributed by atoms with E-state index < -0.39 is 0 Å². The Morgan fingerprint density at radius 1 is 1.42 bits per heavy atom. The van der Waals surface area contributed by atoms with Crippen molar-refractivity contribution in [3.05, 3.63) is 52.0 Å². The monoisotopic (exact) mass is 345 g/mol. The standard InChI is InChI=1S/C18H23N3O2S/c1-14-13-24-17(20-14)7-8-19-18(22)16-12-21(9-10-23-16)11-15-5-3-2-4-6-15/h2-6,13,16H,7-12H2,1H3,(H,19,22). The molecular formula is C18H23N3O2S. The molecule has 2 heterocycles. The van der Waals surface area contributed by atoms with Gasteiger partial charge >= 0.3 is 0 Å². The normalized spacial score (nSPS) is 18.5. The fraction of sp³-hybridized carbons (Fsp3) is 0.444. The summed E-state index contributed by atoms with van der Waals surface area (Å²) in [5.74, 6) is -0.0268. The third-order valence-corrected chi connectivity index (χ3v) is 5.02. The van der Waals surface area contributed by atoms with Crippen LogP contribution in [0.25, 0.3) is 0 Å². The van der Waals surface area contributed by atoms with Crippen molar-refractivity contribution in [3.8, 4) is 0 Å². The molecule has 5 nitrogen and oxygen atoms in total. The Hall–Kier alpha value is -1.76. The van der Waals surface area contributed by atoms with Gasteiger partial charge in [0, 0.05) is 43.7 Å². The van der Waals surface area contributed by atoms with Crippen molar-refractivity contribution in [3.63, 3.8) is 0 Å². The van der Waals surface area contributed by atoms with Crippen molar-refractivity contribution < 1.29 is 9.53 Å². The predicted octanol–water partition coefficient (Wildman–Crippen LogP) is 2.01. The van der Waals surface area contributed by atoms with Crippen LogP contribution >= 0.6 is 11.3 Å². The Kier molecular flexibility index (Phi) is 5.96. The Morgan fingerprint density at radius 2 is 2.25 bits per heavy atom. The third kappa shape index (κ3) is 4.87. The lowest BCUT2D eigenvalue weighted by atomic mass is 10.2. The molecule has 1 saturated heterocycles. The maximum atomic E-state index is 12.3. The molecule has 1 atom stereocenters. The number of aryl methyl sites for hydroxylation is 1. The Balaban J connectivity index is 1.44. The second-order valence-electron chi connectivity index (χ2n) is 6.00. The summed E-state index contributed by atoms with van der Waals surface area (Å²) in [5, 5.41) is 6.06. The van der Waals surface area contributed by atoms with Gasteiger partial charge in [0.05, 0.1) is 11.6 Å². The molecule has 1 aromatic heterocycles. The first-order valence-electron chi connectivity index (χ1n) is 8.27. The van der Waals surface area contributed by atoms with E-state index in [1.165, 1.54) is 5.56 Å². The number of benzene rings is 1. The number of morpholine rings is 1. The number of amides is 1. The molecular weight excluding hydrogens is 322 g/mol. The number of nitrogens with zero attached hydrogens (tertiary/aromatic N) is 2. The van der Waals surface area contributed by atoms with Crippen LogP contribution in [0.1, 0.15) is 16.3 Å². The van der Waals surface area contributed by atoms with Gasteiger partial charge in [-0.15, -0.1) is 11.3 Å². The lowest BCUT2D eigenvalue weighted by Gasteiger charge is -2.32. The van der Waals surface area contributed by atoms with E-state index >= 15 is 0 Å². The van der Waals surface area contributed by atoms with Gasteiger partial charge in [-0.05, 0) is 12.5 Å². The zero-order valence-electron chi connectivity index (χ0n) is 13.9. The maximum Gasteiger partial charge on any atom is 0.250 e. The van der Waals surface area contributed by atoms with Gasteiger partial charge in [-0.1, -0.05) is 30.3 Å². The average molecular weight is 345 g/mol. The SMILES string of the molecule is Cc1csc(CCNC(=O)C2CN(Cc3ccccc3)CCO2)n1. The molecule has 2 aromatic rings. The summed E-state index contributed by atoms with van der Waals surface area (Å²) in [5.41, 5.74) is 2.30. The Labute approximate surface area is 146 Å². The number of ether oxygens (including phenoxy) is 1. The van der Waals surface area contributed by atoms with Gasteiger partial charge in [-0.25, -0.2) is 4.98 Å².